The highest BCUT2D eigenvalue weighted by molar-refractivity contribution is 5.76. The number of rotatable bonds is 4. The summed E-state index contributed by atoms with van der Waals surface area (Å²) in [5.41, 5.74) is -0.488. The molecule has 5 nitrogen and oxygen atoms in total. The van der Waals surface area contributed by atoms with Crippen LogP contribution in [-0.2, 0) is 9.53 Å². The molecule has 1 heterocycles. The van der Waals surface area contributed by atoms with Crippen LogP contribution in [0.15, 0.2) is 0 Å². The second kappa shape index (κ2) is 7.92. The van der Waals surface area contributed by atoms with Crippen LogP contribution in [0.5, 0.6) is 0 Å². The van der Waals surface area contributed by atoms with E-state index in [9.17, 15) is 9.59 Å². The fraction of sp³-hybridized carbons (Fsp3) is 0.750. The van der Waals surface area contributed by atoms with Crippen molar-refractivity contribution in [3.8, 4) is 12.3 Å². The first-order chi connectivity index (χ1) is 9.81. The van der Waals surface area contributed by atoms with Gasteiger partial charge in [-0.25, -0.2) is 4.79 Å². The van der Waals surface area contributed by atoms with Gasteiger partial charge in [-0.1, -0.05) is 0 Å². The molecule has 2 amide bonds. The van der Waals surface area contributed by atoms with E-state index in [1.54, 1.807) is 0 Å². The maximum atomic E-state index is 11.9. The van der Waals surface area contributed by atoms with Crippen LogP contribution in [0.4, 0.5) is 4.79 Å². The van der Waals surface area contributed by atoms with Crippen LogP contribution < -0.4 is 5.32 Å². The summed E-state index contributed by atoms with van der Waals surface area (Å²) >= 11 is 0. The lowest BCUT2D eigenvalue weighted by atomic mass is 10.0. The molecule has 0 aromatic carbocycles. The van der Waals surface area contributed by atoms with E-state index in [0.29, 0.717) is 25.9 Å². The third-order valence-corrected chi connectivity index (χ3v) is 3.28. The Morgan fingerprint density at radius 2 is 1.95 bits per heavy atom. The van der Waals surface area contributed by atoms with Gasteiger partial charge in [-0.15, -0.1) is 12.3 Å². The van der Waals surface area contributed by atoms with Crippen LogP contribution in [0.2, 0.25) is 0 Å². The molecule has 1 fully saturated rings. The average Bonchev–Trinajstić information content (AvgIpc) is 2.37. The Morgan fingerprint density at radius 3 is 2.48 bits per heavy atom. The molecule has 1 rings (SSSR count). The number of piperidine rings is 1. The van der Waals surface area contributed by atoms with Crippen molar-refractivity contribution in [1.82, 2.24) is 10.2 Å². The first kappa shape index (κ1) is 17.4. The average molecular weight is 294 g/mol. The zero-order chi connectivity index (χ0) is 15.9. The minimum Gasteiger partial charge on any atom is -0.444 e. The van der Waals surface area contributed by atoms with Crippen molar-refractivity contribution >= 4 is 12.0 Å². The molecule has 118 valence electrons. The maximum Gasteiger partial charge on any atom is 0.407 e. The monoisotopic (exact) mass is 294 g/mol. The topological polar surface area (TPSA) is 58.6 Å². The molecule has 0 unspecified atom stereocenters. The summed E-state index contributed by atoms with van der Waals surface area (Å²) in [7, 11) is 0. The number of likely N-dealkylation sites (tertiary alicyclic amines) is 1. The van der Waals surface area contributed by atoms with E-state index in [-0.39, 0.29) is 18.0 Å². The van der Waals surface area contributed by atoms with Crippen molar-refractivity contribution in [3.05, 3.63) is 0 Å². The van der Waals surface area contributed by atoms with E-state index >= 15 is 0 Å². The summed E-state index contributed by atoms with van der Waals surface area (Å²) in [6.07, 6.45) is 8.21. The number of terminal acetylenes is 1. The van der Waals surface area contributed by atoms with Gasteiger partial charge in [-0.2, -0.15) is 0 Å². The number of hydrogen-bond acceptors (Lipinski definition) is 3. The number of amides is 2. The third kappa shape index (κ3) is 7.03. The lowest BCUT2D eigenvalue weighted by Gasteiger charge is -2.33. The molecule has 1 aliphatic heterocycles. The van der Waals surface area contributed by atoms with Crippen LogP contribution in [0.25, 0.3) is 0 Å². The van der Waals surface area contributed by atoms with Crippen LogP contribution in [0.1, 0.15) is 52.9 Å². The van der Waals surface area contributed by atoms with E-state index in [1.165, 1.54) is 0 Å². The van der Waals surface area contributed by atoms with Crippen LogP contribution in [-0.4, -0.2) is 41.6 Å². The number of nitrogens with one attached hydrogen (secondary N) is 1. The predicted octanol–water partition coefficient (Wildman–Crippen LogP) is 2.31. The van der Waals surface area contributed by atoms with E-state index in [4.69, 9.17) is 11.2 Å². The lowest BCUT2D eigenvalue weighted by Crippen LogP contribution is -2.47. The third-order valence-electron chi connectivity index (χ3n) is 3.28. The van der Waals surface area contributed by atoms with Gasteiger partial charge >= 0.3 is 6.09 Å². The van der Waals surface area contributed by atoms with Gasteiger partial charge in [-0.3, -0.25) is 4.79 Å². The number of alkyl carbamates (subject to hydrolysis) is 1. The van der Waals surface area contributed by atoms with E-state index in [0.717, 1.165) is 19.3 Å². The van der Waals surface area contributed by atoms with Gasteiger partial charge in [0.2, 0.25) is 5.91 Å². The molecule has 21 heavy (non-hydrogen) atoms. The Bertz CT molecular complexity index is 399. The summed E-state index contributed by atoms with van der Waals surface area (Å²) < 4.78 is 5.23. The molecular weight excluding hydrogens is 268 g/mol. The highest BCUT2D eigenvalue weighted by Crippen LogP contribution is 2.14. The van der Waals surface area contributed by atoms with Crippen molar-refractivity contribution < 1.29 is 14.3 Å². The Kier molecular flexibility index (Phi) is 6.54. The summed E-state index contributed by atoms with van der Waals surface area (Å²) in [6, 6.07) is 0.0783. The summed E-state index contributed by atoms with van der Waals surface area (Å²) in [4.78, 5) is 25.5. The first-order valence-electron chi connectivity index (χ1n) is 7.52. The molecule has 0 aliphatic carbocycles. The fourth-order valence-corrected chi connectivity index (χ4v) is 2.25. The zero-order valence-corrected chi connectivity index (χ0v) is 13.3. The van der Waals surface area contributed by atoms with Crippen LogP contribution in [0, 0.1) is 12.3 Å². The van der Waals surface area contributed by atoms with Crippen molar-refractivity contribution in [1.29, 1.82) is 0 Å². The maximum absolute atomic E-state index is 11.9. The van der Waals surface area contributed by atoms with Crippen molar-refractivity contribution in [3.63, 3.8) is 0 Å². The number of hydrogen-bond donors (Lipinski definition) is 1. The molecule has 0 bridgehead atoms. The Hall–Kier alpha value is -1.70. The number of ether oxygens (including phenoxy) is 1. The molecule has 0 spiro atoms. The number of carbonyl (C=O) groups excluding carboxylic acids is 2. The van der Waals surface area contributed by atoms with Gasteiger partial charge in [0.05, 0.1) is 0 Å². The first-order valence-corrected chi connectivity index (χ1v) is 7.52. The molecule has 0 radical (unpaired) electrons. The minimum absolute atomic E-state index is 0.0783. The summed E-state index contributed by atoms with van der Waals surface area (Å²) in [5, 5.41) is 2.86. The standard InChI is InChI=1S/C16H26N2O3/c1-5-6-7-8-14(19)18-11-9-13(10-12-18)17-15(20)21-16(2,3)4/h1,13H,6-12H2,2-4H3,(H,17,20). The molecule has 1 N–H and O–H groups in total. The zero-order valence-electron chi connectivity index (χ0n) is 13.3. The van der Waals surface area contributed by atoms with E-state index in [1.807, 2.05) is 25.7 Å². The number of unbranched alkanes of at least 4 members (excludes halogenated alkanes) is 1. The van der Waals surface area contributed by atoms with E-state index in [2.05, 4.69) is 11.2 Å². The Morgan fingerprint density at radius 1 is 1.33 bits per heavy atom. The van der Waals surface area contributed by atoms with Gasteiger partial charge in [0, 0.05) is 32.0 Å². The normalized spacial score (nSPS) is 16.2. The van der Waals surface area contributed by atoms with Gasteiger partial charge in [0.15, 0.2) is 0 Å². The quantitative estimate of drug-likeness (QED) is 0.639. The molecule has 1 aliphatic rings. The molecule has 0 aromatic rings. The molecular formula is C16H26N2O3. The number of carbonyl (C=O) groups is 2. The second-order valence-electron chi connectivity index (χ2n) is 6.36. The molecule has 0 aromatic heterocycles. The molecule has 5 heteroatoms. The van der Waals surface area contributed by atoms with Crippen molar-refractivity contribution in [2.45, 2.75) is 64.5 Å². The lowest BCUT2D eigenvalue weighted by molar-refractivity contribution is -0.132. The molecule has 0 atom stereocenters. The van der Waals surface area contributed by atoms with Crippen LogP contribution in [0.3, 0.4) is 0 Å². The Balaban J connectivity index is 2.27. The highest BCUT2D eigenvalue weighted by Gasteiger charge is 2.25. The summed E-state index contributed by atoms with van der Waals surface area (Å²) in [5.74, 6) is 2.69. The van der Waals surface area contributed by atoms with Gasteiger partial charge in [0.1, 0.15) is 5.60 Å². The van der Waals surface area contributed by atoms with Crippen molar-refractivity contribution in [2.75, 3.05) is 13.1 Å². The Labute approximate surface area is 127 Å². The van der Waals surface area contributed by atoms with Crippen LogP contribution >= 0.6 is 0 Å². The highest BCUT2D eigenvalue weighted by atomic mass is 16.6. The van der Waals surface area contributed by atoms with Crippen molar-refractivity contribution in [2.24, 2.45) is 0 Å². The van der Waals surface area contributed by atoms with Gasteiger partial charge in [0.25, 0.3) is 0 Å². The SMILES string of the molecule is C#CCCCC(=O)N1CCC(NC(=O)OC(C)(C)C)CC1. The van der Waals surface area contributed by atoms with Gasteiger partial charge in [-0.05, 0) is 40.0 Å². The largest absolute Gasteiger partial charge is 0.444 e. The minimum atomic E-state index is -0.488. The molecule has 1 saturated heterocycles. The smallest absolute Gasteiger partial charge is 0.407 e. The van der Waals surface area contributed by atoms with Gasteiger partial charge < -0.3 is 15.0 Å². The fourth-order valence-electron chi connectivity index (χ4n) is 2.25. The van der Waals surface area contributed by atoms with E-state index < -0.39 is 5.60 Å². The predicted molar refractivity (Wildman–Crippen MR) is 81.7 cm³/mol. The number of nitrogens with zero attached hydrogens (tertiary/aromatic N) is 1. The second-order valence-corrected chi connectivity index (χ2v) is 6.36. The molecule has 0 saturated carbocycles. The summed E-state index contributed by atoms with van der Waals surface area (Å²) in [6.45, 7) is 6.86.